The van der Waals surface area contributed by atoms with Crippen molar-refractivity contribution in [1.29, 1.82) is 0 Å². The van der Waals surface area contributed by atoms with Crippen LogP contribution in [0.2, 0.25) is 0 Å². The fourth-order valence-electron chi connectivity index (χ4n) is 10.9. The Morgan fingerprint density at radius 1 is 0.286 bits per heavy atom. The molecule has 9 unspecified atom stereocenters. The first kappa shape index (κ1) is 38.6. The van der Waals surface area contributed by atoms with Crippen molar-refractivity contribution in [2.45, 2.75) is 268 Å². The van der Waals surface area contributed by atoms with Crippen LogP contribution in [-0.2, 0) is 14.2 Å². The lowest BCUT2D eigenvalue weighted by Gasteiger charge is -2.18. The highest BCUT2D eigenvalue weighted by Gasteiger charge is 2.45. The van der Waals surface area contributed by atoms with Crippen LogP contribution in [0.1, 0.15) is 231 Å². The van der Waals surface area contributed by atoms with Crippen molar-refractivity contribution in [2.75, 3.05) is 0 Å². The number of fused-ring (bicyclic) bond motifs is 3. The molecule has 0 aromatic rings. The van der Waals surface area contributed by atoms with E-state index in [0.717, 1.165) is 23.7 Å². The van der Waals surface area contributed by atoms with Gasteiger partial charge in [-0.1, -0.05) is 173 Å². The van der Waals surface area contributed by atoms with E-state index < -0.39 is 0 Å². The van der Waals surface area contributed by atoms with Crippen LogP contribution in [0, 0.1) is 23.7 Å². The van der Waals surface area contributed by atoms with Crippen molar-refractivity contribution in [2.24, 2.45) is 23.7 Å². The summed E-state index contributed by atoms with van der Waals surface area (Å²) in [6.07, 6.45) is 56.7. The van der Waals surface area contributed by atoms with Gasteiger partial charge in [-0.05, 0) is 81.5 Å². The minimum atomic E-state index is 0.668. The molecule has 3 heteroatoms. The second-order valence-corrected chi connectivity index (χ2v) is 18.7. The maximum atomic E-state index is 5.75. The molecule has 6 aliphatic rings. The second kappa shape index (κ2) is 22.2. The van der Waals surface area contributed by atoms with Gasteiger partial charge in [0.05, 0.1) is 36.6 Å². The second-order valence-electron chi connectivity index (χ2n) is 18.7. The lowest BCUT2D eigenvalue weighted by Crippen LogP contribution is -2.13. The smallest absolute Gasteiger partial charge is 0.0844 e. The largest absolute Gasteiger partial charge is 0.370 e. The van der Waals surface area contributed by atoms with E-state index >= 15 is 0 Å². The number of hydrogen-bond donors (Lipinski definition) is 0. The molecule has 6 rings (SSSR count). The molecule has 3 aliphatic carbocycles. The molecule has 10 atom stereocenters. The summed E-state index contributed by atoms with van der Waals surface area (Å²) in [7, 11) is 0. The van der Waals surface area contributed by atoms with Gasteiger partial charge >= 0.3 is 0 Å². The maximum Gasteiger partial charge on any atom is 0.0844 e. The van der Waals surface area contributed by atoms with Crippen LogP contribution < -0.4 is 0 Å². The van der Waals surface area contributed by atoms with Crippen molar-refractivity contribution in [3.8, 4) is 0 Å². The molecule has 0 spiro atoms. The third-order valence-corrected chi connectivity index (χ3v) is 14.5. The molecule has 284 valence electrons. The summed E-state index contributed by atoms with van der Waals surface area (Å²) >= 11 is 0. The monoisotopic (exact) mass is 683 g/mol. The predicted octanol–water partition coefficient (Wildman–Crippen LogP) is 13.8. The molecule has 3 heterocycles. The molecule has 0 aromatic heterocycles. The van der Waals surface area contributed by atoms with E-state index in [1.165, 1.54) is 231 Å². The first-order valence-electron chi connectivity index (χ1n) is 23.3. The third-order valence-electron chi connectivity index (χ3n) is 14.5. The Balaban J connectivity index is 0.737. The zero-order valence-electron chi connectivity index (χ0n) is 32.5. The van der Waals surface area contributed by atoms with Crippen LogP contribution in [0.4, 0.5) is 0 Å². The third kappa shape index (κ3) is 15.4. The minimum absolute atomic E-state index is 0.668. The molecule has 0 radical (unpaired) electrons. The average molecular weight is 683 g/mol. The molecule has 0 N–H and O–H groups in total. The molecular formula is C46H82O3. The van der Waals surface area contributed by atoms with Crippen molar-refractivity contribution in [1.82, 2.24) is 0 Å². The molecule has 6 fully saturated rings. The Labute approximate surface area is 304 Å². The molecule has 3 saturated heterocycles. The number of ether oxygens (including phenoxy) is 3. The van der Waals surface area contributed by atoms with Crippen LogP contribution in [0.5, 0.6) is 0 Å². The van der Waals surface area contributed by atoms with Crippen molar-refractivity contribution in [3.05, 3.63) is 0 Å². The Morgan fingerprint density at radius 3 is 0.837 bits per heavy atom. The van der Waals surface area contributed by atoms with Crippen molar-refractivity contribution < 1.29 is 14.2 Å². The van der Waals surface area contributed by atoms with Gasteiger partial charge in [0.25, 0.3) is 0 Å². The number of unbranched alkanes of at least 4 members (excludes halogenated alkanes) is 18. The standard InChI is InChI=1S/C46H82O3/c1(2-5-13-19-25-38-28-31-41-44(34-38)47-41)4-10-16-22-37(24-18-12-8-9-15-21-27-40-30-33-43-46(36-40)49-43)23-17-11-6-3-7-14-20-26-39-29-32-42-45(35-39)48-42/h37-46H,1-36H2/t37-,38?,39?,40?,41?,42?,43?,44?,45?,46?/m0/s1. The highest BCUT2D eigenvalue weighted by atomic mass is 16.6. The first-order chi connectivity index (χ1) is 24.3. The van der Waals surface area contributed by atoms with E-state index in [4.69, 9.17) is 14.2 Å². The SMILES string of the molecule is C(CCCCC[C@@H](CCCCCCCCCC1CCC2OC2C1)CCCCCCCCC1CCC2OC2C1)CCCCC1CCC2OC2C1. The fraction of sp³-hybridized carbons (Fsp3) is 1.00. The molecule has 0 bridgehead atoms. The average Bonchev–Trinajstić information content (AvgIpc) is 4.01. The summed E-state index contributed by atoms with van der Waals surface area (Å²) in [5, 5.41) is 0. The zero-order chi connectivity index (χ0) is 33.4. The summed E-state index contributed by atoms with van der Waals surface area (Å²) in [4.78, 5) is 0. The molecule has 0 amide bonds. The molecule has 3 saturated carbocycles. The quantitative estimate of drug-likeness (QED) is 0.0559. The van der Waals surface area contributed by atoms with Gasteiger partial charge in [-0.15, -0.1) is 0 Å². The molecule has 0 aromatic carbocycles. The molecule has 3 aliphatic heterocycles. The fourth-order valence-corrected chi connectivity index (χ4v) is 10.9. The van der Waals surface area contributed by atoms with Crippen LogP contribution in [0.25, 0.3) is 0 Å². The van der Waals surface area contributed by atoms with Crippen LogP contribution in [0.3, 0.4) is 0 Å². The topological polar surface area (TPSA) is 37.6 Å². The Bertz CT molecular complexity index is 859. The number of epoxide rings is 3. The van der Waals surface area contributed by atoms with Crippen LogP contribution in [-0.4, -0.2) is 36.6 Å². The number of hydrogen-bond acceptors (Lipinski definition) is 3. The van der Waals surface area contributed by atoms with E-state index in [9.17, 15) is 0 Å². The van der Waals surface area contributed by atoms with Gasteiger partial charge in [0.2, 0.25) is 0 Å². The van der Waals surface area contributed by atoms with Gasteiger partial charge in [-0.3, -0.25) is 0 Å². The van der Waals surface area contributed by atoms with Crippen LogP contribution in [0.15, 0.2) is 0 Å². The molecule has 3 nitrogen and oxygen atoms in total. The summed E-state index contributed by atoms with van der Waals surface area (Å²) in [6.45, 7) is 0. The van der Waals surface area contributed by atoms with E-state index in [0.29, 0.717) is 36.6 Å². The Hall–Kier alpha value is -0.120. The van der Waals surface area contributed by atoms with Gasteiger partial charge in [0.1, 0.15) is 0 Å². The normalized spacial score (nSPS) is 33.4. The summed E-state index contributed by atoms with van der Waals surface area (Å²) in [6, 6.07) is 0. The summed E-state index contributed by atoms with van der Waals surface area (Å²) in [5.41, 5.74) is 0. The van der Waals surface area contributed by atoms with Gasteiger partial charge in [-0.2, -0.15) is 0 Å². The number of rotatable bonds is 30. The van der Waals surface area contributed by atoms with E-state index in [1.807, 2.05) is 0 Å². The molecular weight excluding hydrogens is 601 g/mol. The van der Waals surface area contributed by atoms with Gasteiger partial charge in [-0.25, -0.2) is 0 Å². The predicted molar refractivity (Wildman–Crippen MR) is 206 cm³/mol. The lowest BCUT2D eigenvalue weighted by atomic mass is 9.85. The van der Waals surface area contributed by atoms with Crippen molar-refractivity contribution in [3.63, 3.8) is 0 Å². The Kier molecular flexibility index (Phi) is 17.5. The minimum Gasteiger partial charge on any atom is -0.370 e. The van der Waals surface area contributed by atoms with Gasteiger partial charge < -0.3 is 14.2 Å². The zero-order valence-corrected chi connectivity index (χ0v) is 32.5. The summed E-state index contributed by atoms with van der Waals surface area (Å²) < 4.78 is 17.2. The van der Waals surface area contributed by atoms with E-state index in [2.05, 4.69) is 0 Å². The van der Waals surface area contributed by atoms with E-state index in [1.54, 1.807) is 0 Å². The summed E-state index contributed by atoms with van der Waals surface area (Å²) in [5.74, 6) is 3.96. The highest BCUT2D eigenvalue weighted by Crippen LogP contribution is 2.43. The van der Waals surface area contributed by atoms with Crippen molar-refractivity contribution >= 4 is 0 Å². The molecule has 49 heavy (non-hydrogen) atoms. The van der Waals surface area contributed by atoms with E-state index in [-0.39, 0.29) is 0 Å². The maximum absolute atomic E-state index is 5.75. The lowest BCUT2D eigenvalue weighted by molar-refractivity contribution is 0.341. The van der Waals surface area contributed by atoms with Gasteiger partial charge in [0.15, 0.2) is 0 Å². The van der Waals surface area contributed by atoms with Gasteiger partial charge in [0, 0.05) is 0 Å². The Morgan fingerprint density at radius 2 is 0.551 bits per heavy atom. The van der Waals surface area contributed by atoms with Crippen LogP contribution >= 0.6 is 0 Å². The first-order valence-corrected chi connectivity index (χ1v) is 23.3. The highest BCUT2D eigenvalue weighted by molar-refractivity contribution is 4.93.